The molecule has 0 amide bonds. The lowest BCUT2D eigenvalue weighted by atomic mass is 10.2. The molecule has 2 aromatic carbocycles. The van der Waals surface area contributed by atoms with Gasteiger partial charge in [-0.3, -0.25) is 0 Å². The molecule has 104 valence electrons. The van der Waals surface area contributed by atoms with Crippen LogP contribution < -0.4 is 15.2 Å². The van der Waals surface area contributed by atoms with Gasteiger partial charge >= 0.3 is 5.97 Å². The molecule has 0 aliphatic rings. The van der Waals surface area contributed by atoms with Crippen LogP contribution in [0.1, 0.15) is 12.5 Å². The van der Waals surface area contributed by atoms with Crippen LogP contribution in [0.3, 0.4) is 0 Å². The molecule has 0 aromatic heterocycles. The van der Waals surface area contributed by atoms with Crippen molar-refractivity contribution < 1.29 is 14.3 Å². The Morgan fingerprint density at radius 2 is 1.90 bits per heavy atom. The van der Waals surface area contributed by atoms with E-state index in [1.165, 1.54) is 0 Å². The first-order valence-electron chi connectivity index (χ1n) is 6.36. The molecule has 2 aromatic rings. The molecule has 2 N–H and O–H groups in total. The van der Waals surface area contributed by atoms with E-state index in [9.17, 15) is 4.79 Å². The fourth-order valence-corrected chi connectivity index (χ4v) is 1.70. The lowest BCUT2D eigenvalue weighted by Crippen LogP contribution is -2.28. The molecule has 4 nitrogen and oxygen atoms in total. The van der Waals surface area contributed by atoms with E-state index >= 15 is 0 Å². The number of rotatable bonds is 4. The van der Waals surface area contributed by atoms with Gasteiger partial charge in [0.15, 0.2) is 6.10 Å². The summed E-state index contributed by atoms with van der Waals surface area (Å²) in [7, 11) is 0. The van der Waals surface area contributed by atoms with E-state index in [4.69, 9.17) is 15.2 Å². The van der Waals surface area contributed by atoms with Crippen LogP contribution in [0.5, 0.6) is 11.5 Å². The van der Waals surface area contributed by atoms with Crippen molar-refractivity contribution in [2.75, 3.05) is 5.73 Å². The van der Waals surface area contributed by atoms with Crippen LogP contribution in [0.15, 0.2) is 48.5 Å². The average Bonchev–Trinajstić information content (AvgIpc) is 2.41. The van der Waals surface area contributed by atoms with Crippen molar-refractivity contribution in [2.45, 2.75) is 20.0 Å². The summed E-state index contributed by atoms with van der Waals surface area (Å²) >= 11 is 0. The molecule has 0 radical (unpaired) electrons. The van der Waals surface area contributed by atoms with Gasteiger partial charge < -0.3 is 15.2 Å². The van der Waals surface area contributed by atoms with Gasteiger partial charge in [0, 0.05) is 11.8 Å². The van der Waals surface area contributed by atoms with Crippen molar-refractivity contribution in [3.05, 3.63) is 54.1 Å². The number of nitrogen functional groups attached to an aromatic ring is 1. The SMILES string of the molecule is Cc1ccccc1OC(=O)[C@H](C)Oc1cccc(N)c1. The van der Waals surface area contributed by atoms with Gasteiger partial charge in [-0.05, 0) is 37.6 Å². The maximum Gasteiger partial charge on any atom is 0.352 e. The highest BCUT2D eigenvalue weighted by molar-refractivity contribution is 5.77. The number of esters is 1. The third-order valence-electron chi connectivity index (χ3n) is 2.81. The largest absolute Gasteiger partial charge is 0.479 e. The zero-order chi connectivity index (χ0) is 14.5. The maximum absolute atomic E-state index is 12.0. The van der Waals surface area contributed by atoms with E-state index in [0.717, 1.165) is 5.56 Å². The van der Waals surface area contributed by atoms with Gasteiger partial charge in [0.2, 0.25) is 0 Å². The first kappa shape index (κ1) is 13.9. The summed E-state index contributed by atoms with van der Waals surface area (Å²) in [4.78, 5) is 12.0. The predicted molar refractivity (Wildman–Crippen MR) is 77.8 cm³/mol. The van der Waals surface area contributed by atoms with Crippen LogP contribution in [0.4, 0.5) is 5.69 Å². The van der Waals surface area contributed by atoms with Crippen molar-refractivity contribution in [3.63, 3.8) is 0 Å². The zero-order valence-electron chi connectivity index (χ0n) is 11.5. The third kappa shape index (κ3) is 3.51. The van der Waals surface area contributed by atoms with E-state index in [2.05, 4.69) is 0 Å². The molecule has 0 saturated carbocycles. The average molecular weight is 271 g/mol. The molecule has 2 rings (SSSR count). The van der Waals surface area contributed by atoms with Crippen molar-refractivity contribution in [1.82, 2.24) is 0 Å². The molecule has 0 heterocycles. The summed E-state index contributed by atoms with van der Waals surface area (Å²) in [6.45, 7) is 3.52. The highest BCUT2D eigenvalue weighted by atomic mass is 16.6. The number of carbonyl (C=O) groups excluding carboxylic acids is 1. The predicted octanol–water partition coefficient (Wildman–Crippen LogP) is 2.95. The number of hydrogen-bond donors (Lipinski definition) is 1. The van der Waals surface area contributed by atoms with Crippen molar-refractivity contribution in [1.29, 1.82) is 0 Å². The molecular weight excluding hydrogens is 254 g/mol. The summed E-state index contributed by atoms with van der Waals surface area (Å²) in [6, 6.07) is 14.3. The van der Waals surface area contributed by atoms with Crippen molar-refractivity contribution in [2.24, 2.45) is 0 Å². The Morgan fingerprint density at radius 3 is 2.60 bits per heavy atom. The van der Waals surface area contributed by atoms with Crippen LogP contribution in [0.2, 0.25) is 0 Å². The van der Waals surface area contributed by atoms with E-state index in [-0.39, 0.29) is 0 Å². The van der Waals surface area contributed by atoms with E-state index in [1.807, 2.05) is 25.1 Å². The Labute approximate surface area is 118 Å². The molecule has 1 atom stereocenters. The minimum absolute atomic E-state index is 0.443. The van der Waals surface area contributed by atoms with Crippen LogP contribution >= 0.6 is 0 Å². The maximum atomic E-state index is 12.0. The van der Waals surface area contributed by atoms with Crippen LogP contribution in [0, 0.1) is 6.92 Å². The minimum Gasteiger partial charge on any atom is -0.479 e. The summed E-state index contributed by atoms with van der Waals surface area (Å²) in [5, 5.41) is 0. The molecule has 0 aliphatic heterocycles. The van der Waals surface area contributed by atoms with Crippen LogP contribution in [0.25, 0.3) is 0 Å². The highest BCUT2D eigenvalue weighted by Gasteiger charge is 2.18. The molecule has 0 aliphatic carbocycles. The first-order valence-corrected chi connectivity index (χ1v) is 6.36. The quantitative estimate of drug-likeness (QED) is 0.527. The van der Waals surface area contributed by atoms with Gasteiger partial charge in [0.05, 0.1) is 0 Å². The lowest BCUT2D eigenvalue weighted by Gasteiger charge is -2.14. The summed E-state index contributed by atoms with van der Waals surface area (Å²) in [5.41, 5.74) is 7.14. The number of nitrogens with two attached hydrogens (primary N) is 1. The standard InChI is InChI=1S/C16H17NO3/c1-11-6-3-4-9-15(11)20-16(18)12(2)19-14-8-5-7-13(17)10-14/h3-10,12H,17H2,1-2H3/t12-/m0/s1. The van der Waals surface area contributed by atoms with Crippen LogP contribution in [-0.4, -0.2) is 12.1 Å². The number of anilines is 1. The highest BCUT2D eigenvalue weighted by Crippen LogP contribution is 2.19. The molecule has 0 saturated heterocycles. The third-order valence-corrected chi connectivity index (χ3v) is 2.81. The smallest absolute Gasteiger partial charge is 0.352 e. The number of para-hydroxylation sites is 1. The Kier molecular flexibility index (Phi) is 4.25. The number of aryl methyl sites for hydroxylation is 1. The Hall–Kier alpha value is -2.49. The monoisotopic (exact) mass is 271 g/mol. The Balaban J connectivity index is 2.01. The topological polar surface area (TPSA) is 61.5 Å². The van der Waals surface area contributed by atoms with Crippen molar-refractivity contribution >= 4 is 11.7 Å². The Bertz CT molecular complexity index is 610. The van der Waals surface area contributed by atoms with Gasteiger partial charge in [0.1, 0.15) is 11.5 Å². The zero-order valence-corrected chi connectivity index (χ0v) is 11.5. The number of benzene rings is 2. The van der Waals surface area contributed by atoms with Gasteiger partial charge in [-0.15, -0.1) is 0 Å². The molecule has 4 heteroatoms. The summed E-state index contributed by atoms with van der Waals surface area (Å²) in [6.07, 6.45) is -0.712. The fourth-order valence-electron chi connectivity index (χ4n) is 1.70. The number of carbonyl (C=O) groups is 1. The molecule has 0 bridgehead atoms. The number of ether oxygens (including phenoxy) is 2. The van der Waals surface area contributed by atoms with Gasteiger partial charge in [-0.1, -0.05) is 24.3 Å². The fraction of sp³-hybridized carbons (Fsp3) is 0.188. The van der Waals surface area contributed by atoms with Gasteiger partial charge in [-0.25, -0.2) is 4.79 Å². The normalized spacial score (nSPS) is 11.7. The second-order valence-corrected chi connectivity index (χ2v) is 4.52. The first-order chi connectivity index (χ1) is 9.56. The van der Waals surface area contributed by atoms with E-state index in [1.54, 1.807) is 37.3 Å². The second-order valence-electron chi connectivity index (χ2n) is 4.52. The van der Waals surface area contributed by atoms with E-state index < -0.39 is 12.1 Å². The summed E-state index contributed by atoms with van der Waals surface area (Å²) < 4.78 is 10.8. The van der Waals surface area contributed by atoms with Crippen LogP contribution in [-0.2, 0) is 4.79 Å². The van der Waals surface area contributed by atoms with E-state index in [0.29, 0.717) is 17.2 Å². The minimum atomic E-state index is -0.712. The molecule has 0 fully saturated rings. The molecular formula is C16H17NO3. The number of hydrogen-bond acceptors (Lipinski definition) is 4. The Morgan fingerprint density at radius 1 is 1.15 bits per heavy atom. The van der Waals surface area contributed by atoms with Crippen molar-refractivity contribution in [3.8, 4) is 11.5 Å². The molecule has 20 heavy (non-hydrogen) atoms. The second kappa shape index (κ2) is 6.10. The molecule has 0 spiro atoms. The molecule has 0 unspecified atom stereocenters. The van der Waals surface area contributed by atoms with Gasteiger partial charge in [-0.2, -0.15) is 0 Å². The summed E-state index contributed by atoms with van der Waals surface area (Å²) in [5.74, 6) is 0.640. The van der Waals surface area contributed by atoms with Gasteiger partial charge in [0.25, 0.3) is 0 Å². The lowest BCUT2D eigenvalue weighted by molar-refractivity contribution is -0.141.